The molecule has 2 aromatic rings. The van der Waals surface area contributed by atoms with Crippen molar-refractivity contribution < 1.29 is 4.79 Å². The van der Waals surface area contributed by atoms with E-state index < -0.39 is 0 Å². The minimum Gasteiger partial charge on any atom is -0.337 e. The third-order valence-electron chi connectivity index (χ3n) is 5.01. The maximum absolute atomic E-state index is 12.7. The van der Waals surface area contributed by atoms with Crippen LogP contribution in [-0.2, 0) is 24.9 Å². The van der Waals surface area contributed by atoms with Crippen LogP contribution in [-0.4, -0.2) is 49.9 Å². The minimum atomic E-state index is -0.159. The Labute approximate surface area is 139 Å². The molecule has 7 heteroatoms. The van der Waals surface area contributed by atoms with Gasteiger partial charge >= 0.3 is 0 Å². The summed E-state index contributed by atoms with van der Waals surface area (Å²) in [6, 6.07) is 0. The minimum absolute atomic E-state index is 0.159. The number of amides is 1. The largest absolute Gasteiger partial charge is 0.337 e. The van der Waals surface area contributed by atoms with Crippen LogP contribution in [0, 0.1) is 5.41 Å². The van der Waals surface area contributed by atoms with Crippen LogP contribution in [0.15, 0.2) is 24.1 Å². The van der Waals surface area contributed by atoms with E-state index in [1.165, 1.54) is 0 Å². The SMILES string of the molecule is Cn1ccnc1CN1CCC[C@]2(C1)CN(Cc1cncs1)C2=O. The monoisotopic (exact) mass is 331 g/mol. The predicted octanol–water partition coefficient (Wildman–Crippen LogP) is 1.50. The first-order valence-corrected chi connectivity index (χ1v) is 8.90. The van der Waals surface area contributed by atoms with E-state index in [1.54, 1.807) is 11.3 Å². The Bertz CT molecular complexity index is 697. The molecule has 0 unspecified atom stereocenters. The van der Waals surface area contributed by atoms with Crippen LogP contribution in [0.5, 0.6) is 0 Å². The zero-order valence-electron chi connectivity index (χ0n) is 13.3. The summed E-state index contributed by atoms with van der Waals surface area (Å²) in [5, 5.41) is 0. The van der Waals surface area contributed by atoms with Gasteiger partial charge in [0.15, 0.2) is 0 Å². The highest BCUT2D eigenvalue weighted by Crippen LogP contribution is 2.41. The van der Waals surface area contributed by atoms with Gasteiger partial charge in [0.2, 0.25) is 5.91 Å². The number of carbonyl (C=O) groups is 1. The summed E-state index contributed by atoms with van der Waals surface area (Å²) < 4.78 is 2.06. The van der Waals surface area contributed by atoms with E-state index in [9.17, 15) is 4.79 Å². The van der Waals surface area contributed by atoms with Crippen molar-refractivity contribution in [2.45, 2.75) is 25.9 Å². The van der Waals surface area contributed by atoms with E-state index in [-0.39, 0.29) is 5.41 Å². The van der Waals surface area contributed by atoms with E-state index in [0.717, 1.165) is 49.7 Å². The molecule has 2 saturated heterocycles. The second-order valence-corrected chi connectivity index (χ2v) is 7.65. The number of hydrogen-bond acceptors (Lipinski definition) is 5. The van der Waals surface area contributed by atoms with Gasteiger partial charge in [-0.05, 0) is 19.4 Å². The fraction of sp³-hybridized carbons (Fsp3) is 0.562. The molecule has 2 fully saturated rings. The number of aryl methyl sites for hydroxylation is 1. The average Bonchev–Trinajstić information content (AvgIpc) is 3.20. The van der Waals surface area contributed by atoms with Gasteiger partial charge in [-0.15, -0.1) is 11.3 Å². The molecule has 2 aromatic heterocycles. The molecule has 2 aliphatic rings. The van der Waals surface area contributed by atoms with E-state index in [4.69, 9.17) is 0 Å². The maximum atomic E-state index is 12.7. The molecule has 23 heavy (non-hydrogen) atoms. The second kappa shape index (κ2) is 5.72. The summed E-state index contributed by atoms with van der Waals surface area (Å²) in [6.45, 7) is 4.33. The summed E-state index contributed by atoms with van der Waals surface area (Å²) in [5.74, 6) is 1.38. The first-order chi connectivity index (χ1) is 11.2. The first kappa shape index (κ1) is 14.8. The number of β-lactam (4-membered cyclic amide) rings is 1. The smallest absolute Gasteiger partial charge is 0.232 e. The van der Waals surface area contributed by atoms with Gasteiger partial charge in [0.05, 0.1) is 24.0 Å². The lowest BCUT2D eigenvalue weighted by atomic mass is 9.72. The van der Waals surface area contributed by atoms with Crippen molar-refractivity contribution in [2.75, 3.05) is 19.6 Å². The highest BCUT2D eigenvalue weighted by molar-refractivity contribution is 7.09. The Morgan fingerprint density at radius 3 is 2.96 bits per heavy atom. The molecule has 0 aliphatic carbocycles. The van der Waals surface area contributed by atoms with Crippen LogP contribution in [0.1, 0.15) is 23.5 Å². The number of aromatic nitrogens is 3. The Morgan fingerprint density at radius 2 is 2.26 bits per heavy atom. The van der Waals surface area contributed by atoms with Crippen molar-refractivity contribution >= 4 is 17.2 Å². The third-order valence-corrected chi connectivity index (χ3v) is 5.77. The van der Waals surface area contributed by atoms with Crippen LogP contribution in [0.3, 0.4) is 0 Å². The number of hydrogen-bond donors (Lipinski definition) is 0. The third kappa shape index (κ3) is 2.68. The van der Waals surface area contributed by atoms with Crippen LogP contribution < -0.4 is 0 Å². The highest BCUT2D eigenvalue weighted by atomic mass is 32.1. The van der Waals surface area contributed by atoms with Crippen molar-refractivity contribution in [2.24, 2.45) is 12.5 Å². The van der Waals surface area contributed by atoms with Crippen molar-refractivity contribution in [3.8, 4) is 0 Å². The zero-order valence-corrected chi connectivity index (χ0v) is 14.1. The first-order valence-electron chi connectivity index (χ1n) is 8.02. The molecule has 0 radical (unpaired) electrons. The molecule has 122 valence electrons. The lowest BCUT2D eigenvalue weighted by Gasteiger charge is -2.53. The molecular formula is C16H21N5OS. The molecule has 6 nitrogen and oxygen atoms in total. The van der Waals surface area contributed by atoms with Crippen LogP contribution >= 0.6 is 11.3 Å². The maximum Gasteiger partial charge on any atom is 0.232 e. The average molecular weight is 331 g/mol. The van der Waals surface area contributed by atoms with Crippen LogP contribution in [0.4, 0.5) is 0 Å². The van der Waals surface area contributed by atoms with Gasteiger partial charge < -0.3 is 9.47 Å². The lowest BCUT2D eigenvalue weighted by molar-refractivity contribution is -0.167. The fourth-order valence-electron chi connectivity index (χ4n) is 3.80. The summed E-state index contributed by atoms with van der Waals surface area (Å²) in [6.07, 6.45) is 7.77. The van der Waals surface area contributed by atoms with E-state index in [0.29, 0.717) is 12.5 Å². The van der Waals surface area contributed by atoms with Crippen LogP contribution in [0.25, 0.3) is 0 Å². The molecule has 0 aromatic carbocycles. The number of imidazole rings is 1. The highest BCUT2D eigenvalue weighted by Gasteiger charge is 2.53. The van der Waals surface area contributed by atoms with Gasteiger partial charge in [-0.25, -0.2) is 4.98 Å². The van der Waals surface area contributed by atoms with Gasteiger partial charge in [0, 0.05) is 43.6 Å². The lowest BCUT2D eigenvalue weighted by Crippen LogP contribution is -2.66. The summed E-state index contributed by atoms with van der Waals surface area (Å²) in [5.41, 5.74) is 1.67. The standard InChI is InChI=1S/C16H21N5OS/c1-19-6-4-18-14(19)9-20-5-2-3-16(10-20)11-21(15(16)22)8-13-7-17-12-23-13/h4,6-7,12H,2-3,5,8-11H2,1H3/t16-/m0/s1. The molecule has 2 aliphatic heterocycles. The number of nitrogens with zero attached hydrogens (tertiary/aromatic N) is 5. The van der Waals surface area contributed by atoms with Crippen LogP contribution in [0.2, 0.25) is 0 Å². The molecule has 0 N–H and O–H groups in total. The molecular weight excluding hydrogens is 310 g/mol. The van der Waals surface area contributed by atoms with Crippen molar-refractivity contribution in [1.82, 2.24) is 24.3 Å². The molecule has 1 spiro atoms. The fourth-order valence-corrected chi connectivity index (χ4v) is 4.41. The molecule has 4 rings (SSSR count). The van der Waals surface area contributed by atoms with Gasteiger partial charge in [-0.3, -0.25) is 14.7 Å². The van der Waals surface area contributed by atoms with Gasteiger partial charge in [-0.1, -0.05) is 0 Å². The normalized spacial score (nSPS) is 25.1. The number of likely N-dealkylation sites (tertiary alicyclic amines) is 2. The van der Waals surface area contributed by atoms with E-state index in [1.807, 2.05) is 36.0 Å². The molecule has 0 saturated carbocycles. The molecule has 0 bridgehead atoms. The Kier molecular flexibility index (Phi) is 3.69. The van der Waals surface area contributed by atoms with E-state index in [2.05, 4.69) is 19.4 Å². The number of piperidine rings is 1. The number of rotatable bonds is 4. The zero-order chi connectivity index (χ0) is 15.9. The Morgan fingerprint density at radius 1 is 1.35 bits per heavy atom. The van der Waals surface area contributed by atoms with E-state index >= 15 is 0 Å². The van der Waals surface area contributed by atoms with Gasteiger partial charge in [-0.2, -0.15) is 0 Å². The Balaban J connectivity index is 1.39. The van der Waals surface area contributed by atoms with Crippen molar-refractivity contribution in [3.05, 3.63) is 34.8 Å². The predicted molar refractivity (Wildman–Crippen MR) is 87.7 cm³/mol. The molecule has 1 atom stereocenters. The summed E-state index contributed by atoms with van der Waals surface area (Å²) in [7, 11) is 2.02. The number of carbonyl (C=O) groups excluding carboxylic acids is 1. The van der Waals surface area contributed by atoms with Crippen molar-refractivity contribution in [1.29, 1.82) is 0 Å². The quantitative estimate of drug-likeness (QED) is 0.797. The van der Waals surface area contributed by atoms with Crippen molar-refractivity contribution in [3.63, 3.8) is 0 Å². The van der Waals surface area contributed by atoms with Gasteiger partial charge in [0.25, 0.3) is 0 Å². The summed E-state index contributed by atoms with van der Waals surface area (Å²) >= 11 is 1.62. The summed E-state index contributed by atoms with van der Waals surface area (Å²) in [4.78, 5) is 26.7. The molecule has 1 amide bonds. The van der Waals surface area contributed by atoms with Gasteiger partial charge in [0.1, 0.15) is 5.82 Å². The molecule has 4 heterocycles. The second-order valence-electron chi connectivity index (χ2n) is 6.68. The number of thiazole rings is 1. The Hall–Kier alpha value is -1.73. The topological polar surface area (TPSA) is 54.3 Å².